The molecule has 3 amide bonds. The van der Waals surface area contributed by atoms with Gasteiger partial charge in [-0.3, -0.25) is 4.79 Å². The van der Waals surface area contributed by atoms with Gasteiger partial charge >= 0.3 is 6.03 Å². The van der Waals surface area contributed by atoms with Crippen LogP contribution in [0, 0.1) is 5.92 Å². The maximum Gasteiger partial charge on any atom is 0.319 e. The predicted octanol–water partition coefficient (Wildman–Crippen LogP) is 1.09. The standard InChI is InChI=1S/C15H18N4O4/c1-9-11(14(20)19-18-9)4-5-16-15(21)17-10-2-3-12-13(8-10)23-7-6-22-12/h2-3,8,11H,4-7H2,1H3,(H,19,20)(H2,16,17,21). The first kappa shape index (κ1) is 15.1. The summed E-state index contributed by atoms with van der Waals surface area (Å²) in [6.07, 6.45) is 0.510. The molecule has 0 spiro atoms. The number of hydrogen-bond acceptors (Lipinski definition) is 5. The molecule has 8 nitrogen and oxygen atoms in total. The number of urea groups is 1. The quantitative estimate of drug-likeness (QED) is 0.773. The molecule has 0 fully saturated rings. The molecule has 0 radical (unpaired) electrons. The Morgan fingerprint density at radius 3 is 2.87 bits per heavy atom. The van der Waals surface area contributed by atoms with Crippen molar-refractivity contribution in [1.29, 1.82) is 0 Å². The van der Waals surface area contributed by atoms with Crippen molar-refractivity contribution in [2.75, 3.05) is 25.1 Å². The molecule has 2 aliphatic rings. The highest BCUT2D eigenvalue weighted by molar-refractivity contribution is 6.06. The normalized spacial score (nSPS) is 18.9. The van der Waals surface area contributed by atoms with E-state index < -0.39 is 0 Å². The topological polar surface area (TPSA) is 101 Å². The maximum absolute atomic E-state index is 11.9. The van der Waals surface area contributed by atoms with Crippen LogP contribution in [0.15, 0.2) is 23.3 Å². The Morgan fingerprint density at radius 2 is 2.13 bits per heavy atom. The molecule has 2 heterocycles. The van der Waals surface area contributed by atoms with Gasteiger partial charge in [0.1, 0.15) is 13.2 Å². The molecule has 1 aromatic carbocycles. The average Bonchev–Trinajstić information content (AvgIpc) is 2.86. The van der Waals surface area contributed by atoms with Crippen molar-refractivity contribution in [1.82, 2.24) is 10.7 Å². The van der Waals surface area contributed by atoms with Crippen LogP contribution >= 0.6 is 0 Å². The molecule has 0 saturated carbocycles. The number of nitrogens with zero attached hydrogens (tertiary/aromatic N) is 1. The van der Waals surface area contributed by atoms with Gasteiger partial charge in [-0.1, -0.05) is 0 Å². The molecule has 0 aromatic heterocycles. The lowest BCUT2D eigenvalue weighted by Crippen LogP contribution is -2.33. The van der Waals surface area contributed by atoms with Gasteiger partial charge in [-0.15, -0.1) is 0 Å². The number of hydrogen-bond donors (Lipinski definition) is 3. The Morgan fingerprint density at radius 1 is 1.35 bits per heavy atom. The van der Waals surface area contributed by atoms with Crippen molar-refractivity contribution < 1.29 is 19.1 Å². The number of rotatable bonds is 4. The molecular formula is C15H18N4O4. The molecule has 0 bridgehead atoms. The van der Waals surface area contributed by atoms with Crippen LogP contribution in [-0.4, -0.2) is 37.4 Å². The molecule has 2 aliphatic heterocycles. The lowest BCUT2D eigenvalue weighted by molar-refractivity contribution is -0.122. The summed E-state index contributed by atoms with van der Waals surface area (Å²) < 4.78 is 10.9. The lowest BCUT2D eigenvalue weighted by atomic mass is 10.0. The fourth-order valence-electron chi connectivity index (χ4n) is 2.46. The van der Waals surface area contributed by atoms with Crippen molar-refractivity contribution in [3.8, 4) is 11.5 Å². The van der Waals surface area contributed by atoms with Crippen LogP contribution < -0.4 is 25.5 Å². The number of amides is 3. The number of hydrazone groups is 1. The Kier molecular flexibility index (Phi) is 4.31. The van der Waals surface area contributed by atoms with Crippen LogP contribution in [0.5, 0.6) is 11.5 Å². The average molecular weight is 318 g/mol. The minimum absolute atomic E-state index is 0.128. The van der Waals surface area contributed by atoms with E-state index in [1.807, 2.05) is 0 Å². The van der Waals surface area contributed by atoms with Crippen molar-refractivity contribution in [2.24, 2.45) is 11.0 Å². The third kappa shape index (κ3) is 3.53. The van der Waals surface area contributed by atoms with Gasteiger partial charge in [-0.25, -0.2) is 10.2 Å². The van der Waals surface area contributed by atoms with Crippen LogP contribution in [0.3, 0.4) is 0 Å². The molecule has 1 atom stereocenters. The van der Waals surface area contributed by atoms with Gasteiger partial charge in [-0.05, 0) is 25.5 Å². The smallest absolute Gasteiger partial charge is 0.319 e. The molecule has 0 saturated heterocycles. The number of carbonyl (C=O) groups is 2. The Balaban J connectivity index is 1.48. The number of fused-ring (bicyclic) bond motifs is 1. The van der Waals surface area contributed by atoms with Crippen molar-refractivity contribution in [2.45, 2.75) is 13.3 Å². The van der Waals surface area contributed by atoms with E-state index in [4.69, 9.17) is 9.47 Å². The molecule has 1 aromatic rings. The highest BCUT2D eigenvalue weighted by Crippen LogP contribution is 2.32. The highest BCUT2D eigenvalue weighted by atomic mass is 16.6. The van der Waals surface area contributed by atoms with Gasteiger partial charge in [0.05, 0.1) is 5.92 Å². The van der Waals surface area contributed by atoms with E-state index in [2.05, 4.69) is 21.2 Å². The molecule has 122 valence electrons. The maximum atomic E-state index is 11.9. The number of benzene rings is 1. The van der Waals surface area contributed by atoms with Gasteiger partial charge in [0.2, 0.25) is 5.91 Å². The first-order chi connectivity index (χ1) is 11.1. The minimum atomic E-state index is -0.338. The summed E-state index contributed by atoms with van der Waals surface area (Å²) in [7, 11) is 0. The van der Waals surface area contributed by atoms with Crippen molar-refractivity contribution >= 4 is 23.3 Å². The van der Waals surface area contributed by atoms with Gasteiger partial charge < -0.3 is 20.1 Å². The second-order valence-corrected chi connectivity index (χ2v) is 5.31. The largest absolute Gasteiger partial charge is 0.486 e. The first-order valence-electron chi connectivity index (χ1n) is 7.42. The molecule has 1 unspecified atom stereocenters. The third-order valence-corrected chi connectivity index (χ3v) is 3.68. The number of ether oxygens (including phenoxy) is 2. The summed E-state index contributed by atoms with van der Waals surface area (Å²) in [4.78, 5) is 23.4. The lowest BCUT2D eigenvalue weighted by Gasteiger charge is -2.19. The van der Waals surface area contributed by atoms with E-state index in [0.717, 1.165) is 5.71 Å². The number of nitrogens with one attached hydrogen (secondary N) is 3. The molecule has 0 aliphatic carbocycles. The fourth-order valence-corrected chi connectivity index (χ4v) is 2.46. The summed E-state index contributed by atoms with van der Waals surface area (Å²) in [5.41, 5.74) is 3.78. The summed E-state index contributed by atoms with van der Waals surface area (Å²) in [5, 5.41) is 9.31. The van der Waals surface area contributed by atoms with Crippen LogP contribution in [0.1, 0.15) is 13.3 Å². The molecule has 3 rings (SSSR count). The highest BCUT2D eigenvalue weighted by Gasteiger charge is 2.26. The Labute approximate surface area is 133 Å². The fraction of sp³-hybridized carbons (Fsp3) is 0.400. The zero-order chi connectivity index (χ0) is 16.2. The van der Waals surface area contributed by atoms with Crippen molar-refractivity contribution in [3.63, 3.8) is 0 Å². The predicted molar refractivity (Wildman–Crippen MR) is 83.8 cm³/mol. The summed E-state index contributed by atoms with van der Waals surface area (Å²) in [5.74, 6) is 0.883. The van der Waals surface area contributed by atoms with Gasteiger partial charge in [-0.2, -0.15) is 5.10 Å². The second-order valence-electron chi connectivity index (χ2n) is 5.31. The molecular weight excluding hydrogens is 300 g/mol. The summed E-state index contributed by atoms with van der Waals surface area (Å²) >= 11 is 0. The van der Waals surface area contributed by atoms with Crippen LogP contribution in [0.4, 0.5) is 10.5 Å². The van der Waals surface area contributed by atoms with Crippen LogP contribution in [0.2, 0.25) is 0 Å². The van der Waals surface area contributed by atoms with E-state index >= 15 is 0 Å². The Hall–Kier alpha value is -2.77. The minimum Gasteiger partial charge on any atom is -0.486 e. The van der Waals surface area contributed by atoms with Gasteiger partial charge in [0, 0.05) is 24.0 Å². The zero-order valence-corrected chi connectivity index (χ0v) is 12.7. The van der Waals surface area contributed by atoms with Crippen LogP contribution in [0.25, 0.3) is 0 Å². The molecule has 3 N–H and O–H groups in total. The SMILES string of the molecule is CC1=NNC(=O)C1CCNC(=O)Nc1ccc2c(c1)OCCO2. The number of anilines is 1. The summed E-state index contributed by atoms with van der Waals surface area (Å²) in [6, 6.07) is 4.88. The third-order valence-electron chi connectivity index (χ3n) is 3.68. The molecule has 8 heteroatoms. The summed E-state index contributed by atoms with van der Waals surface area (Å²) in [6.45, 7) is 3.18. The Bertz CT molecular complexity index is 659. The molecule has 23 heavy (non-hydrogen) atoms. The van der Waals surface area contributed by atoms with E-state index in [0.29, 0.717) is 43.4 Å². The number of carbonyl (C=O) groups excluding carboxylic acids is 2. The first-order valence-corrected chi connectivity index (χ1v) is 7.42. The second kappa shape index (κ2) is 6.55. The van der Waals surface area contributed by atoms with E-state index in [1.54, 1.807) is 25.1 Å². The van der Waals surface area contributed by atoms with E-state index in [-0.39, 0.29) is 17.9 Å². The van der Waals surface area contributed by atoms with Crippen LogP contribution in [-0.2, 0) is 4.79 Å². The van der Waals surface area contributed by atoms with E-state index in [9.17, 15) is 9.59 Å². The van der Waals surface area contributed by atoms with Gasteiger partial charge in [0.15, 0.2) is 11.5 Å². The monoisotopic (exact) mass is 318 g/mol. The zero-order valence-electron chi connectivity index (χ0n) is 12.7. The van der Waals surface area contributed by atoms with Crippen molar-refractivity contribution in [3.05, 3.63) is 18.2 Å². The van der Waals surface area contributed by atoms with E-state index in [1.165, 1.54) is 0 Å². The van der Waals surface area contributed by atoms with Gasteiger partial charge in [0.25, 0.3) is 0 Å².